The Balaban J connectivity index is 1.61. The van der Waals surface area contributed by atoms with E-state index in [1.807, 2.05) is 31.2 Å². The standard InChI is InChI=1S/C17H20N4O4S/c1-3-25-13-6-4-12(5-7-13)21-9-11(8-15(21)22)16(23)18-17-20-19-14(26-17)10-24-2/h4-7,11H,3,8-10H2,1-2H3,(H,18,20,23). The van der Waals surface area contributed by atoms with Crippen LogP contribution in [0.1, 0.15) is 18.4 Å². The van der Waals surface area contributed by atoms with Gasteiger partial charge < -0.3 is 19.7 Å². The van der Waals surface area contributed by atoms with Crippen LogP contribution in [0.5, 0.6) is 5.75 Å². The van der Waals surface area contributed by atoms with E-state index in [-0.39, 0.29) is 18.2 Å². The van der Waals surface area contributed by atoms with Crippen molar-refractivity contribution in [3.63, 3.8) is 0 Å². The number of nitrogens with one attached hydrogen (secondary N) is 1. The lowest BCUT2D eigenvalue weighted by Gasteiger charge is -2.17. The molecule has 3 rings (SSSR count). The van der Waals surface area contributed by atoms with Gasteiger partial charge in [0.1, 0.15) is 17.4 Å². The third kappa shape index (κ3) is 4.17. The van der Waals surface area contributed by atoms with Crippen molar-refractivity contribution in [2.45, 2.75) is 20.0 Å². The summed E-state index contributed by atoms with van der Waals surface area (Å²) in [4.78, 5) is 26.4. The summed E-state index contributed by atoms with van der Waals surface area (Å²) in [5, 5.41) is 11.7. The van der Waals surface area contributed by atoms with Crippen molar-refractivity contribution in [2.75, 3.05) is 30.5 Å². The van der Waals surface area contributed by atoms with Gasteiger partial charge in [0.15, 0.2) is 0 Å². The van der Waals surface area contributed by atoms with Gasteiger partial charge in [-0.1, -0.05) is 11.3 Å². The van der Waals surface area contributed by atoms with E-state index in [1.165, 1.54) is 11.3 Å². The second-order valence-electron chi connectivity index (χ2n) is 5.76. The first-order chi connectivity index (χ1) is 12.6. The smallest absolute Gasteiger partial charge is 0.231 e. The molecule has 9 heteroatoms. The Hall–Kier alpha value is -2.52. The van der Waals surface area contributed by atoms with Crippen molar-refractivity contribution in [3.8, 4) is 5.75 Å². The Bertz CT molecular complexity index is 777. The average molecular weight is 376 g/mol. The third-order valence-electron chi connectivity index (χ3n) is 3.92. The van der Waals surface area contributed by atoms with E-state index >= 15 is 0 Å². The lowest BCUT2D eigenvalue weighted by Crippen LogP contribution is -2.28. The fraction of sp³-hybridized carbons (Fsp3) is 0.412. The van der Waals surface area contributed by atoms with E-state index in [4.69, 9.17) is 9.47 Å². The topological polar surface area (TPSA) is 93.7 Å². The first-order valence-corrected chi connectivity index (χ1v) is 9.07. The second-order valence-corrected chi connectivity index (χ2v) is 6.82. The van der Waals surface area contributed by atoms with Crippen LogP contribution in [-0.4, -0.2) is 42.3 Å². The maximum atomic E-state index is 12.4. The number of carbonyl (C=O) groups is 2. The molecule has 1 atom stereocenters. The van der Waals surface area contributed by atoms with Crippen LogP contribution in [0, 0.1) is 5.92 Å². The molecule has 2 heterocycles. The summed E-state index contributed by atoms with van der Waals surface area (Å²) in [5.74, 6) is 0.0164. The normalized spacial score (nSPS) is 16.8. The number of nitrogens with zero attached hydrogens (tertiary/aromatic N) is 3. The minimum absolute atomic E-state index is 0.0772. The predicted molar refractivity (Wildman–Crippen MR) is 97.3 cm³/mol. The Labute approximate surface area is 155 Å². The average Bonchev–Trinajstić information content (AvgIpc) is 3.23. The molecule has 1 N–H and O–H groups in total. The van der Waals surface area contributed by atoms with E-state index in [2.05, 4.69) is 15.5 Å². The minimum Gasteiger partial charge on any atom is -0.494 e. The van der Waals surface area contributed by atoms with E-state index in [0.717, 1.165) is 11.4 Å². The molecule has 1 aromatic carbocycles. The highest BCUT2D eigenvalue weighted by atomic mass is 32.1. The molecule has 26 heavy (non-hydrogen) atoms. The van der Waals surface area contributed by atoms with Crippen LogP contribution in [0.4, 0.5) is 10.8 Å². The van der Waals surface area contributed by atoms with Crippen LogP contribution in [0.2, 0.25) is 0 Å². The van der Waals surface area contributed by atoms with Crippen molar-refractivity contribution >= 4 is 34.0 Å². The maximum absolute atomic E-state index is 12.4. The molecule has 8 nitrogen and oxygen atoms in total. The molecular formula is C17H20N4O4S. The number of carbonyl (C=O) groups excluding carboxylic acids is 2. The Morgan fingerprint density at radius 3 is 2.81 bits per heavy atom. The highest BCUT2D eigenvalue weighted by Crippen LogP contribution is 2.28. The molecule has 2 amide bonds. The van der Waals surface area contributed by atoms with Gasteiger partial charge in [0.2, 0.25) is 16.9 Å². The van der Waals surface area contributed by atoms with Crippen molar-refractivity contribution in [1.29, 1.82) is 0 Å². The van der Waals surface area contributed by atoms with E-state index in [0.29, 0.717) is 29.9 Å². The van der Waals surface area contributed by atoms with Crippen molar-refractivity contribution < 1.29 is 19.1 Å². The summed E-state index contributed by atoms with van der Waals surface area (Å²) < 4.78 is 10.4. The molecule has 0 saturated carbocycles. The van der Waals surface area contributed by atoms with Gasteiger partial charge in [0.25, 0.3) is 0 Å². The highest BCUT2D eigenvalue weighted by molar-refractivity contribution is 7.15. The molecular weight excluding hydrogens is 356 g/mol. The summed E-state index contributed by atoms with van der Waals surface area (Å²) in [7, 11) is 1.57. The first kappa shape index (κ1) is 18.3. The van der Waals surface area contributed by atoms with Gasteiger partial charge in [-0.3, -0.25) is 9.59 Å². The molecule has 1 fully saturated rings. The molecule has 138 valence electrons. The summed E-state index contributed by atoms with van der Waals surface area (Å²) >= 11 is 1.26. The quantitative estimate of drug-likeness (QED) is 0.795. The number of hydrogen-bond acceptors (Lipinski definition) is 7. The first-order valence-electron chi connectivity index (χ1n) is 8.26. The number of benzene rings is 1. The van der Waals surface area contributed by atoms with Gasteiger partial charge in [-0.15, -0.1) is 10.2 Å². The van der Waals surface area contributed by atoms with E-state index in [9.17, 15) is 9.59 Å². The molecule has 1 aliphatic rings. The van der Waals surface area contributed by atoms with Gasteiger partial charge in [0.05, 0.1) is 12.5 Å². The zero-order valence-electron chi connectivity index (χ0n) is 14.6. The van der Waals surface area contributed by atoms with Crippen molar-refractivity contribution in [3.05, 3.63) is 29.3 Å². The minimum atomic E-state index is -0.427. The molecule has 0 bridgehead atoms. The van der Waals surface area contributed by atoms with Crippen molar-refractivity contribution in [2.24, 2.45) is 5.92 Å². The number of rotatable bonds is 7. The third-order valence-corrected chi connectivity index (χ3v) is 4.73. The molecule has 1 aromatic heterocycles. The van der Waals surface area contributed by atoms with Crippen LogP contribution < -0.4 is 15.0 Å². The van der Waals surface area contributed by atoms with Gasteiger partial charge in [-0.25, -0.2) is 0 Å². The summed E-state index contributed by atoms with van der Waals surface area (Å²) in [5.41, 5.74) is 0.757. The van der Waals surface area contributed by atoms with Crippen LogP contribution in [0.3, 0.4) is 0 Å². The summed E-state index contributed by atoms with van der Waals surface area (Å²) in [6.07, 6.45) is 0.169. The number of hydrogen-bond donors (Lipinski definition) is 1. The lowest BCUT2D eigenvalue weighted by atomic mass is 10.1. The van der Waals surface area contributed by atoms with Gasteiger partial charge in [0, 0.05) is 25.8 Å². The number of methoxy groups -OCH3 is 1. The molecule has 0 aliphatic carbocycles. The zero-order valence-corrected chi connectivity index (χ0v) is 15.4. The summed E-state index contributed by atoms with van der Waals surface area (Å²) in [6.45, 7) is 3.18. The molecule has 1 aliphatic heterocycles. The highest BCUT2D eigenvalue weighted by Gasteiger charge is 2.35. The Morgan fingerprint density at radius 1 is 1.35 bits per heavy atom. The number of aromatic nitrogens is 2. The maximum Gasteiger partial charge on any atom is 0.231 e. The van der Waals surface area contributed by atoms with Crippen LogP contribution in [-0.2, 0) is 20.9 Å². The predicted octanol–water partition coefficient (Wildman–Crippen LogP) is 2.07. The largest absolute Gasteiger partial charge is 0.494 e. The van der Waals surface area contributed by atoms with Gasteiger partial charge >= 0.3 is 0 Å². The van der Waals surface area contributed by atoms with Crippen molar-refractivity contribution in [1.82, 2.24) is 10.2 Å². The van der Waals surface area contributed by atoms with Crippen LogP contribution in [0.25, 0.3) is 0 Å². The number of anilines is 2. The van der Waals surface area contributed by atoms with Gasteiger partial charge in [-0.05, 0) is 31.2 Å². The zero-order chi connectivity index (χ0) is 18.5. The molecule has 0 spiro atoms. The summed E-state index contributed by atoms with van der Waals surface area (Å²) in [6, 6.07) is 7.28. The Morgan fingerprint density at radius 2 is 2.12 bits per heavy atom. The van der Waals surface area contributed by atoms with Crippen LogP contribution in [0.15, 0.2) is 24.3 Å². The Kier molecular flexibility index (Phi) is 5.79. The second kappa shape index (κ2) is 8.24. The molecule has 1 unspecified atom stereocenters. The number of amides is 2. The fourth-order valence-electron chi connectivity index (χ4n) is 2.72. The molecule has 0 radical (unpaired) electrons. The van der Waals surface area contributed by atoms with Crippen LogP contribution >= 0.6 is 11.3 Å². The van der Waals surface area contributed by atoms with E-state index in [1.54, 1.807) is 12.0 Å². The van der Waals surface area contributed by atoms with Gasteiger partial charge in [-0.2, -0.15) is 0 Å². The molecule has 1 saturated heterocycles. The monoisotopic (exact) mass is 376 g/mol. The molecule has 2 aromatic rings. The van der Waals surface area contributed by atoms with E-state index < -0.39 is 5.92 Å². The number of ether oxygens (including phenoxy) is 2. The SMILES string of the molecule is CCOc1ccc(N2CC(C(=O)Nc3nnc(COC)s3)CC2=O)cc1. The lowest BCUT2D eigenvalue weighted by molar-refractivity contribution is -0.122. The fourth-order valence-corrected chi connectivity index (χ4v) is 3.43.